The van der Waals surface area contributed by atoms with E-state index in [9.17, 15) is 0 Å². The van der Waals surface area contributed by atoms with Crippen LogP contribution in [-0.4, -0.2) is 11.7 Å². The average molecular weight is 382 g/mol. The molecule has 0 radical (unpaired) electrons. The van der Waals surface area contributed by atoms with Gasteiger partial charge in [-0.25, -0.2) is 4.57 Å². The standard InChI is InChI=1S/C16H19N2O.HI/c1-4-8-18-15-10-12(19-3)5-6-13(15)14-7-9-17(2)11-16(14)18;/h5-7,9-11H,4,8H2,1-3H3;1H/q+1;/p-1. The molecule has 2 heterocycles. The molecule has 3 rings (SSSR count). The minimum Gasteiger partial charge on any atom is -1.00 e. The maximum absolute atomic E-state index is 5.36. The second kappa shape index (κ2) is 5.99. The third kappa shape index (κ3) is 2.37. The van der Waals surface area contributed by atoms with E-state index >= 15 is 0 Å². The number of halogens is 1. The van der Waals surface area contributed by atoms with Gasteiger partial charge in [0.1, 0.15) is 18.3 Å². The van der Waals surface area contributed by atoms with Gasteiger partial charge in [-0.05, 0) is 18.6 Å². The predicted molar refractivity (Wildman–Crippen MR) is 77.5 cm³/mol. The lowest BCUT2D eigenvalue weighted by atomic mass is 10.2. The van der Waals surface area contributed by atoms with Gasteiger partial charge in [-0.1, -0.05) is 6.92 Å². The summed E-state index contributed by atoms with van der Waals surface area (Å²) in [5.41, 5.74) is 2.54. The molecule has 0 unspecified atom stereocenters. The number of rotatable bonds is 3. The summed E-state index contributed by atoms with van der Waals surface area (Å²) in [6.45, 7) is 3.23. The van der Waals surface area contributed by atoms with Crippen molar-refractivity contribution in [2.45, 2.75) is 19.9 Å². The van der Waals surface area contributed by atoms with Crippen LogP contribution in [0, 0.1) is 0 Å². The molecule has 0 fully saturated rings. The van der Waals surface area contributed by atoms with Crippen molar-refractivity contribution in [3.8, 4) is 5.75 Å². The van der Waals surface area contributed by atoms with Crippen molar-refractivity contribution >= 4 is 21.8 Å². The Hall–Kier alpha value is -1.30. The van der Waals surface area contributed by atoms with Crippen LogP contribution in [0.25, 0.3) is 21.8 Å². The number of ether oxygens (including phenoxy) is 1. The Morgan fingerprint density at radius 1 is 1.15 bits per heavy atom. The molecular formula is C16H19IN2O. The number of nitrogens with zero attached hydrogens (tertiary/aromatic N) is 2. The minimum atomic E-state index is 0. The number of aryl methyl sites for hydroxylation is 2. The molecule has 3 aromatic rings. The summed E-state index contributed by atoms with van der Waals surface area (Å²) in [7, 11) is 3.78. The number of hydrogen-bond acceptors (Lipinski definition) is 1. The number of fused-ring (bicyclic) bond motifs is 3. The molecule has 0 spiro atoms. The maximum atomic E-state index is 5.36. The normalized spacial score (nSPS) is 10.8. The summed E-state index contributed by atoms with van der Waals surface area (Å²) in [6.07, 6.45) is 5.41. The average Bonchev–Trinajstić information content (AvgIpc) is 2.72. The molecule has 0 atom stereocenters. The molecule has 0 saturated carbocycles. The Morgan fingerprint density at radius 3 is 2.60 bits per heavy atom. The predicted octanol–water partition coefficient (Wildman–Crippen LogP) is 0.0416. The zero-order valence-corrected chi connectivity index (χ0v) is 14.2. The van der Waals surface area contributed by atoms with Crippen LogP contribution in [0.1, 0.15) is 13.3 Å². The summed E-state index contributed by atoms with van der Waals surface area (Å²) in [6, 6.07) is 8.51. The Labute approximate surface area is 136 Å². The zero-order chi connectivity index (χ0) is 13.4. The molecule has 0 amide bonds. The zero-order valence-electron chi connectivity index (χ0n) is 12.1. The fraction of sp³-hybridized carbons (Fsp3) is 0.312. The molecule has 0 aliphatic rings. The molecule has 0 bridgehead atoms. The third-order valence-electron chi connectivity index (χ3n) is 3.60. The first-order chi connectivity index (χ1) is 9.24. The molecule has 4 heteroatoms. The van der Waals surface area contributed by atoms with Crippen LogP contribution in [0.5, 0.6) is 5.75 Å². The molecule has 0 saturated heterocycles. The first-order valence-corrected chi connectivity index (χ1v) is 6.70. The number of benzene rings is 1. The lowest BCUT2D eigenvalue weighted by Crippen LogP contribution is -3.00. The number of pyridine rings is 1. The van der Waals surface area contributed by atoms with Gasteiger partial charge in [-0.15, -0.1) is 0 Å². The molecule has 20 heavy (non-hydrogen) atoms. The molecule has 3 nitrogen and oxygen atoms in total. The van der Waals surface area contributed by atoms with Gasteiger partial charge in [0, 0.05) is 29.4 Å². The van der Waals surface area contributed by atoms with E-state index in [0.717, 1.165) is 18.7 Å². The summed E-state index contributed by atoms with van der Waals surface area (Å²) < 4.78 is 9.84. The summed E-state index contributed by atoms with van der Waals surface area (Å²) in [4.78, 5) is 0. The van der Waals surface area contributed by atoms with E-state index < -0.39 is 0 Å². The van der Waals surface area contributed by atoms with E-state index in [1.165, 1.54) is 21.8 Å². The van der Waals surface area contributed by atoms with Gasteiger partial charge in [0.05, 0.1) is 12.6 Å². The first-order valence-electron chi connectivity index (χ1n) is 6.70. The quantitative estimate of drug-likeness (QED) is 0.462. The SMILES string of the molecule is CCCn1c2cc(OC)ccc2c2cc[n+](C)cc21.[I-]. The Balaban J connectivity index is 0.00000147. The molecule has 0 aliphatic carbocycles. The Kier molecular flexibility index (Phi) is 4.52. The lowest BCUT2D eigenvalue weighted by molar-refractivity contribution is -0.670. The van der Waals surface area contributed by atoms with Crippen molar-refractivity contribution in [1.29, 1.82) is 0 Å². The van der Waals surface area contributed by atoms with Crippen molar-refractivity contribution in [1.82, 2.24) is 4.57 Å². The number of hydrogen-bond donors (Lipinski definition) is 0. The van der Waals surface area contributed by atoms with E-state index in [1.54, 1.807) is 7.11 Å². The van der Waals surface area contributed by atoms with Gasteiger partial charge < -0.3 is 33.3 Å². The highest BCUT2D eigenvalue weighted by molar-refractivity contribution is 6.07. The van der Waals surface area contributed by atoms with E-state index in [1.807, 2.05) is 6.07 Å². The van der Waals surface area contributed by atoms with Crippen LogP contribution in [-0.2, 0) is 13.6 Å². The van der Waals surface area contributed by atoms with Gasteiger partial charge >= 0.3 is 0 Å². The molecular weight excluding hydrogens is 363 g/mol. The Morgan fingerprint density at radius 2 is 1.90 bits per heavy atom. The summed E-state index contributed by atoms with van der Waals surface area (Å²) >= 11 is 0. The second-order valence-corrected chi connectivity index (χ2v) is 4.94. The van der Waals surface area contributed by atoms with Crippen molar-refractivity contribution in [3.63, 3.8) is 0 Å². The van der Waals surface area contributed by atoms with E-state index in [0.29, 0.717) is 0 Å². The van der Waals surface area contributed by atoms with Crippen LogP contribution in [0.2, 0.25) is 0 Å². The number of methoxy groups -OCH3 is 1. The van der Waals surface area contributed by atoms with Crippen molar-refractivity contribution in [3.05, 3.63) is 36.7 Å². The van der Waals surface area contributed by atoms with Gasteiger partial charge in [0.25, 0.3) is 0 Å². The highest BCUT2D eigenvalue weighted by atomic mass is 127. The van der Waals surface area contributed by atoms with Gasteiger partial charge in [0.15, 0.2) is 12.4 Å². The fourth-order valence-corrected chi connectivity index (χ4v) is 2.71. The van der Waals surface area contributed by atoms with Crippen LogP contribution in [0.3, 0.4) is 0 Å². The molecule has 0 aliphatic heterocycles. The van der Waals surface area contributed by atoms with Crippen LogP contribution in [0.15, 0.2) is 36.7 Å². The Bertz CT molecular complexity index is 749. The topological polar surface area (TPSA) is 18.0 Å². The lowest BCUT2D eigenvalue weighted by Gasteiger charge is -2.05. The van der Waals surface area contributed by atoms with Crippen molar-refractivity contribution < 1.29 is 33.3 Å². The van der Waals surface area contributed by atoms with E-state index in [4.69, 9.17) is 4.74 Å². The maximum Gasteiger partial charge on any atom is 0.193 e. The van der Waals surface area contributed by atoms with Crippen LogP contribution in [0.4, 0.5) is 0 Å². The highest BCUT2D eigenvalue weighted by Crippen LogP contribution is 2.30. The summed E-state index contributed by atoms with van der Waals surface area (Å²) in [5.74, 6) is 0.914. The first kappa shape index (κ1) is 15.1. The van der Waals surface area contributed by atoms with E-state index in [-0.39, 0.29) is 24.0 Å². The van der Waals surface area contributed by atoms with Crippen LogP contribution < -0.4 is 33.3 Å². The number of aromatic nitrogens is 2. The van der Waals surface area contributed by atoms with Gasteiger partial charge in [-0.2, -0.15) is 0 Å². The molecule has 0 N–H and O–H groups in total. The van der Waals surface area contributed by atoms with Crippen LogP contribution >= 0.6 is 0 Å². The second-order valence-electron chi connectivity index (χ2n) is 4.94. The minimum absolute atomic E-state index is 0. The largest absolute Gasteiger partial charge is 1.00 e. The molecule has 2 aromatic heterocycles. The van der Waals surface area contributed by atoms with E-state index in [2.05, 4.69) is 53.7 Å². The van der Waals surface area contributed by atoms with Crippen molar-refractivity contribution in [2.75, 3.05) is 7.11 Å². The molecule has 106 valence electrons. The monoisotopic (exact) mass is 382 g/mol. The fourth-order valence-electron chi connectivity index (χ4n) is 2.71. The van der Waals surface area contributed by atoms with Gasteiger partial charge in [0.2, 0.25) is 0 Å². The highest BCUT2D eigenvalue weighted by Gasteiger charge is 2.13. The third-order valence-corrected chi connectivity index (χ3v) is 3.60. The molecule has 1 aromatic carbocycles. The van der Waals surface area contributed by atoms with Crippen molar-refractivity contribution in [2.24, 2.45) is 7.05 Å². The summed E-state index contributed by atoms with van der Waals surface area (Å²) in [5, 5.41) is 2.61. The smallest absolute Gasteiger partial charge is 0.193 e. The van der Waals surface area contributed by atoms with Gasteiger partial charge in [-0.3, -0.25) is 0 Å².